The van der Waals surface area contributed by atoms with Crippen molar-refractivity contribution in [3.63, 3.8) is 0 Å². The van der Waals surface area contributed by atoms with Gasteiger partial charge in [0.15, 0.2) is 0 Å². The van der Waals surface area contributed by atoms with Crippen molar-refractivity contribution in [2.75, 3.05) is 5.73 Å². The zero-order chi connectivity index (χ0) is 14.0. The number of rotatable bonds is 4. The van der Waals surface area contributed by atoms with Crippen LogP contribution in [0.1, 0.15) is 18.5 Å². The predicted octanol–water partition coefficient (Wildman–Crippen LogP) is 1.04. The molecule has 0 radical (unpaired) electrons. The molecule has 0 saturated heterocycles. The van der Waals surface area contributed by atoms with Gasteiger partial charge in [-0.15, -0.1) is 0 Å². The average molecular weight is 280 g/mol. The van der Waals surface area contributed by atoms with Crippen molar-refractivity contribution >= 4 is 15.8 Å². The Balaban J connectivity index is 2.25. The highest BCUT2D eigenvalue weighted by atomic mass is 32.2. The first-order valence-corrected chi connectivity index (χ1v) is 7.25. The first-order chi connectivity index (χ1) is 8.92. The summed E-state index contributed by atoms with van der Waals surface area (Å²) in [6, 6.07) is 8.98. The fourth-order valence-electron chi connectivity index (χ4n) is 1.74. The minimum Gasteiger partial charge on any atom is -0.383 e. The Bertz CT molecular complexity index is 664. The fourth-order valence-corrected chi connectivity index (χ4v) is 3.06. The van der Waals surface area contributed by atoms with Crippen LogP contribution in [0, 0.1) is 0 Å². The van der Waals surface area contributed by atoms with Gasteiger partial charge in [0.2, 0.25) is 10.0 Å². The van der Waals surface area contributed by atoms with Crippen molar-refractivity contribution < 1.29 is 8.42 Å². The maximum atomic E-state index is 12.2. The zero-order valence-electron chi connectivity index (χ0n) is 10.7. The fraction of sp³-hybridized carbons (Fsp3) is 0.250. The molecule has 0 aliphatic heterocycles. The van der Waals surface area contributed by atoms with Gasteiger partial charge in [-0.3, -0.25) is 4.68 Å². The predicted molar refractivity (Wildman–Crippen MR) is 72.8 cm³/mol. The van der Waals surface area contributed by atoms with E-state index in [1.807, 2.05) is 30.3 Å². The van der Waals surface area contributed by atoms with Gasteiger partial charge in [-0.2, -0.15) is 5.10 Å². The van der Waals surface area contributed by atoms with E-state index in [9.17, 15) is 8.42 Å². The SMILES string of the molecule is CC(NS(=O)(=O)c1cnn(C)c1N)c1ccccc1. The molecule has 0 saturated carbocycles. The summed E-state index contributed by atoms with van der Waals surface area (Å²) in [5, 5.41) is 3.83. The number of nitrogens with two attached hydrogens (primary N) is 1. The number of anilines is 1. The van der Waals surface area contributed by atoms with Crippen LogP contribution in [-0.4, -0.2) is 18.2 Å². The van der Waals surface area contributed by atoms with Crippen LogP contribution in [0.3, 0.4) is 0 Å². The number of aromatic nitrogens is 2. The normalized spacial score (nSPS) is 13.4. The molecule has 1 unspecified atom stereocenters. The third kappa shape index (κ3) is 2.77. The van der Waals surface area contributed by atoms with Crippen molar-refractivity contribution in [2.45, 2.75) is 17.9 Å². The smallest absolute Gasteiger partial charge is 0.246 e. The lowest BCUT2D eigenvalue weighted by atomic mass is 10.1. The van der Waals surface area contributed by atoms with Crippen molar-refractivity contribution in [2.24, 2.45) is 7.05 Å². The lowest BCUT2D eigenvalue weighted by Crippen LogP contribution is -2.27. The number of hydrogen-bond acceptors (Lipinski definition) is 4. The van der Waals surface area contributed by atoms with E-state index in [1.54, 1.807) is 14.0 Å². The molecule has 0 spiro atoms. The van der Waals surface area contributed by atoms with E-state index in [4.69, 9.17) is 5.73 Å². The second kappa shape index (κ2) is 5.02. The third-order valence-electron chi connectivity index (χ3n) is 2.87. The Morgan fingerprint density at radius 2 is 1.95 bits per heavy atom. The highest BCUT2D eigenvalue weighted by Crippen LogP contribution is 2.20. The number of nitrogen functional groups attached to an aromatic ring is 1. The zero-order valence-corrected chi connectivity index (χ0v) is 11.6. The van der Waals surface area contributed by atoms with Gasteiger partial charge in [-0.05, 0) is 12.5 Å². The molecule has 0 aliphatic rings. The molecule has 6 nitrogen and oxygen atoms in total. The standard InChI is InChI=1S/C12H16N4O2S/c1-9(10-6-4-3-5-7-10)15-19(17,18)11-8-14-16(2)12(11)13/h3-9,15H,13H2,1-2H3. The highest BCUT2D eigenvalue weighted by Gasteiger charge is 2.23. The monoisotopic (exact) mass is 280 g/mol. The lowest BCUT2D eigenvalue weighted by molar-refractivity contribution is 0.567. The minimum absolute atomic E-state index is 0.00205. The number of nitrogens with zero attached hydrogens (tertiary/aromatic N) is 2. The number of aryl methyl sites for hydroxylation is 1. The van der Waals surface area contributed by atoms with Crippen LogP contribution >= 0.6 is 0 Å². The molecule has 19 heavy (non-hydrogen) atoms. The highest BCUT2D eigenvalue weighted by molar-refractivity contribution is 7.89. The first kappa shape index (κ1) is 13.6. The van der Waals surface area contributed by atoms with Crippen LogP contribution in [0.4, 0.5) is 5.82 Å². The molecule has 2 aromatic rings. The van der Waals surface area contributed by atoms with E-state index < -0.39 is 10.0 Å². The molecule has 3 N–H and O–H groups in total. The summed E-state index contributed by atoms with van der Waals surface area (Å²) in [6.45, 7) is 1.78. The van der Waals surface area contributed by atoms with Crippen molar-refractivity contribution in [3.05, 3.63) is 42.1 Å². The molecular weight excluding hydrogens is 264 g/mol. The Morgan fingerprint density at radius 3 is 2.47 bits per heavy atom. The molecule has 1 aromatic heterocycles. The molecule has 0 bridgehead atoms. The summed E-state index contributed by atoms with van der Waals surface area (Å²) < 4.78 is 28.3. The van der Waals surface area contributed by atoms with Gasteiger partial charge in [-0.25, -0.2) is 13.1 Å². The van der Waals surface area contributed by atoms with Crippen molar-refractivity contribution in [1.29, 1.82) is 0 Å². The van der Waals surface area contributed by atoms with Gasteiger partial charge in [-0.1, -0.05) is 30.3 Å². The second-order valence-electron chi connectivity index (χ2n) is 4.27. The average Bonchev–Trinajstić information content (AvgIpc) is 2.71. The Morgan fingerprint density at radius 1 is 1.32 bits per heavy atom. The quantitative estimate of drug-likeness (QED) is 0.875. The maximum Gasteiger partial charge on any atom is 0.246 e. The van der Waals surface area contributed by atoms with E-state index in [0.29, 0.717) is 0 Å². The summed E-state index contributed by atoms with van der Waals surface area (Å²) in [7, 11) is -2.08. The molecule has 1 heterocycles. The van der Waals surface area contributed by atoms with Crippen molar-refractivity contribution in [3.8, 4) is 0 Å². The molecule has 0 fully saturated rings. The van der Waals surface area contributed by atoms with E-state index in [-0.39, 0.29) is 16.8 Å². The van der Waals surface area contributed by atoms with Crippen LogP contribution in [0.2, 0.25) is 0 Å². The van der Waals surface area contributed by atoms with Gasteiger partial charge in [0.05, 0.1) is 6.20 Å². The topological polar surface area (TPSA) is 90.0 Å². The number of nitrogens with one attached hydrogen (secondary N) is 1. The van der Waals surface area contributed by atoms with E-state index in [0.717, 1.165) is 5.56 Å². The second-order valence-corrected chi connectivity index (χ2v) is 5.95. The van der Waals surface area contributed by atoms with Crippen LogP contribution in [0.5, 0.6) is 0 Å². The molecule has 1 atom stereocenters. The van der Waals surface area contributed by atoms with Gasteiger partial charge in [0.25, 0.3) is 0 Å². The minimum atomic E-state index is -3.68. The molecule has 1 aromatic carbocycles. The molecule has 0 amide bonds. The molecule has 7 heteroatoms. The number of hydrogen-bond donors (Lipinski definition) is 2. The van der Waals surface area contributed by atoms with Gasteiger partial charge < -0.3 is 5.73 Å². The number of benzene rings is 1. The summed E-state index contributed by atoms with van der Waals surface area (Å²) >= 11 is 0. The summed E-state index contributed by atoms with van der Waals surface area (Å²) in [5.74, 6) is 0.118. The summed E-state index contributed by atoms with van der Waals surface area (Å²) in [5.41, 5.74) is 6.57. The number of sulfonamides is 1. The Labute approximate surface area is 112 Å². The molecule has 102 valence electrons. The van der Waals surface area contributed by atoms with Crippen LogP contribution in [-0.2, 0) is 17.1 Å². The van der Waals surface area contributed by atoms with Crippen LogP contribution in [0.15, 0.2) is 41.4 Å². The third-order valence-corrected chi connectivity index (χ3v) is 4.43. The van der Waals surface area contributed by atoms with E-state index >= 15 is 0 Å². The first-order valence-electron chi connectivity index (χ1n) is 5.76. The van der Waals surface area contributed by atoms with Gasteiger partial charge in [0.1, 0.15) is 10.7 Å². The lowest BCUT2D eigenvalue weighted by Gasteiger charge is -2.14. The van der Waals surface area contributed by atoms with E-state index in [2.05, 4.69) is 9.82 Å². The maximum absolute atomic E-state index is 12.2. The van der Waals surface area contributed by atoms with E-state index in [1.165, 1.54) is 10.9 Å². The van der Waals surface area contributed by atoms with Gasteiger partial charge >= 0.3 is 0 Å². The Kier molecular flexibility index (Phi) is 3.59. The van der Waals surface area contributed by atoms with Crippen LogP contribution < -0.4 is 10.5 Å². The molecule has 2 rings (SSSR count). The van der Waals surface area contributed by atoms with Crippen molar-refractivity contribution in [1.82, 2.24) is 14.5 Å². The Hall–Kier alpha value is -1.86. The molecule has 0 aliphatic carbocycles. The summed E-state index contributed by atoms with van der Waals surface area (Å²) in [6.07, 6.45) is 1.25. The van der Waals surface area contributed by atoms with Crippen LogP contribution in [0.25, 0.3) is 0 Å². The van der Waals surface area contributed by atoms with Gasteiger partial charge in [0, 0.05) is 13.1 Å². The molecular formula is C12H16N4O2S. The summed E-state index contributed by atoms with van der Waals surface area (Å²) in [4.78, 5) is -0.00205. The largest absolute Gasteiger partial charge is 0.383 e.